The molecule has 0 saturated heterocycles. The molecule has 1 aromatic carbocycles. The molecule has 1 N–H and O–H groups in total. The minimum atomic E-state index is 0.356. The van der Waals surface area contributed by atoms with Crippen molar-refractivity contribution < 1.29 is 4.74 Å². The second-order valence-corrected chi connectivity index (χ2v) is 6.22. The van der Waals surface area contributed by atoms with E-state index >= 15 is 0 Å². The van der Waals surface area contributed by atoms with Crippen molar-refractivity contribution in [3.05, 3.63) is 40.4 Å². The Bertz CT molecular complexity index is 571. The van der Waals surface area contributed by atoms with Crippen molar-refractivity contribution in [3.63, 3.8) is 0 Å². The highest BCUT2D eigenvalue weighted by atomic mass is 32.1. The zero-order chi connectivity index (χ0) is 14.5. The fourth-order valence-electron chi connectivity index (χ4n) is 2.70. The summed E-state index contributed by atoms with van der Waals surface area (Å²) in [5, 5.41) is 7.57. The van der Waals surface area contributed by atoms with Gasteiger partial charge in [-0.15, -0.1) is 5.10 Å². The van der Waals surface area contributed by atoms with Crippen LogP contribution in [0.2, 0.25) is 0 Å². The lowest BCUT2D eigenvalue weighted by Gasteiger charge is -2.16. The van der Waals surface area contributed by atoms with Crippen LogP contribution in [-0.4, -0.2) is 22.7 Å². The summed E-state index contributed by atoms with van der Waals surface area (Å²) in [7, 11) is 0. The van der Waals surface area contributed by atoms with E-state index in [1.165, 1.54) is 27.5 Å². The summed E-state index contributed by atoms with van der Waals surface area (Å²) < 4.78 is 9.55. The van der Waals surface area contributed by atoms with Crippen molar-refractivity contribution in [1.82, 2.24) is 14.9 Å². The first-order valence-corrected chi connectivity index (χ1v) is 8.39. The molecule has 0 aliphatic carbocycles. The van der Waals surface area contributed by atoms with Gasteiger partial charge in [0, 0.05) is 12.5 Å². The number of fused-ring (bicyclic) bond motifs is 1. The molecule has 112 valence electrons. The van der Waals surface area contributed by atoms with E-state index in [9.17, 15) is 0 Å². The topological polar surface area (TPSA) is 47.0 Å². The summed E-state index contributed by atoms with van der Waals surface area (Å²) >= 11 is 1.49. The number of nitrogens with one attached hydrogen (secondary N) is 1. The van der Waals surface area contributed by atoms with E-state index in [4.69, 9.17) is 4.74 Å². The van der Waals surface area contributed by atoms with E-state index in [0.717, 1.165) is 44.6 Å². The fourth-order valence-corrected chi connectivity index (χ4v) is 3.31. The van der Waals surface area contributed by atoms with Crippen molar-refractivity contribution in [3.8, 4) is 5.75 Å². The molecule has 1 aliphatic rings. The Kier molecular flexibility index (Phi) is 4.83. The zero-order valence-corrected chi connectivity index (χ0v) is 13.2. The Balaban J connectivity index is 1.63. The van der Waals surface area contributed by atoms with Crippen LogP contribution in [0.1, 0.15) is 41.8 Å². The quantitative estimate of drug-likeness (QED) is 0.853. The van der Waals surface area contributed by atoms with E-state index in [1.54, 1.807) is 0 Å². The van der Waals surface area contributed by atoms with Gasteiger partial charge in [0.1, 0.15) is 5.75 Å². The number of aromatic nitrogens is 2. The minimum absolute atomic E-state index is 0.356. The van der Waals surface area contributed by atoms with Crippen molar-refractivity contribution in [2.24, 2.45) is 0 Å². The van der Waals surface area contributed by atoms with Crippen molar-refractivity contribution in [1.29, 1.82) is 0 Å². The van der Waals surface area contributed by atoms with Crippen LogP contribution in [0.4, 0.5) is 0 Å². The molecule has 1 aromatic heterocycles. The molecule has 4 nitrogen and oxygen atoms in total. The smallest absolute Gasteiger partial charge is 0.122 e. The van der Waals surface area contributed by atoms with E-state index in [-0.39, 0.29) is 0 Å². The predicted octanol–water partition coefficient (Wildman–Crippen LogP) is 3.15. The number of benzene rings is 1. The molecule has 2 aromatic rings. The van der Waals surface area contributed by atoms with Gasteiger partial charge in [0.2, 0.25) is 0 Å². The lowest BCUT2D eigenvalue weighted by atomic mass is 10.0. The van der Waals surface area contributed by atoms with Gasteiger partial charge >= 0.3 is 0 Å². The molecule has 0 saturated carbocycles. The normalized spacial score (nSPS) is 14.7. The van der Waals surface area contributed by atoms with Crippen LogP contribution >= 0.6 is 11.5 Å². The third kappa shape index (κ3) is 3.60. The summed E-state index contributed by atoms with van der Waals surface area (Å²) in [6, 6.07) is 6.95. The second-order valence-electron chi connectivity index (χ2n) is 5.41. The second kappa shape index (κ2) is 7.00. The van der Waals surface area contributed by atoms with Gasteiger partial charge in [-0.05, 0) is 54.5 Å². The first kappa shape index (κ1) is 14.5. The van der Waals surface area contributed by atoms with E-state index < -0.39 is 0 Å². The first-order valence-electron chi connectivity index (χ1n) is 7.62. The summed E-state index contributed by atoms with van der Waals surface area (Å²) in [6.07, 6.45) is 6.20. The maximum atomic E-state index is 5.56. The van der Waals surface area contributed by atoms with E-state index in [2.05, 4.69) is 40.0 Å². The maximum absolute atomic E-state index is 5.56. The molecule has 1 aliphatic heterocycles. The third-order valence-corrected chi connectivity index (χ3v) is 4.61. The molecule has 5 heteroatoms. The van der Waals surface area contributed by atoms with Crippen LogP contribution in [0, 0.1) is 0 Å². The maximum Gasteiger partial charge on any atom is 0.122 e. The van der Waals surface area contributed by atoms with Gasteiger partial charge in [0.15, 0.2) is 0 Å². The van der Waals surface area contributed by atoms with Crippen LogP contribution in [0.25, 0.3) is 0 Å². The molecule has 0 spiro atoms. The van der Waals surface area contributed by atoms with Gasteiger partial charge < -0.3 is 10.1 Å². The largest absolute Gasteiger partial charge is 0.493 e. The Morgan fingerprint density at radius 3 is 3.19 bits per heavy atom. The molecule has 0 fully saturated rings. The van der Waals surface area contributed by atoms with E-state index in [1.807, 2.05) is 6.20 Å². The number of hydrogen-bond donors (Lipinski definition) is 1. The molecule has 1 unspecified atom stereocenters. The standard InChI is InChI=1S/C16H21N3OS/c1-2-8-17-14(16-11-18-19-21-16)5-3-12-4-6-15-13(10-12)7-9-20-15/h4,6,10-11,14,17H,2-3,5,7-9H2,1H3. The van der Waals surface area contributed by atoms with Crippen LogP contribution < -0.4 is 10.1 Å². The molecule has 21 heavy (non-hydrogen) atoms. The van der Waals surface area contributed by atoms with Gasteiger partial charge in [0.05, 0.1) is 17.7 Å². The minimum Gasteiger partial charge on any atom is -0.493 e. The molecule has 0 bridgehead atoms. The fraction of sp³-hybridized carbons (Fsp3) is 0.500. The molecule has 1 atom stereocenters. The van der Waals surface area contributed by atoms with Crippen molar-refractivity contribution in [2.75, 3.05) is 13.2 Å². The highest BCUT2D eigenvalue weighted by Crippen LogP contribution is 2.27. The van der Waals surface area contributed by atoms with Gasteiger partial charge in [0.25, 0.3) is 0 Å². The summed E-state index contributed by atoms with van der Waals surface area (Å²) in [5.41, 5.74) is 2.74. The summed E-state index contributed by atoms with van der Waals surface area (Å²) in [5.74, 6) is 1.06. The number of ether oxygens (including phenoxy) is 1. The molecule has 2 heterocycles. The van der Waals surface area contributed by atoms with Crippen molar-refractivity contribution >= 4 is 11.5 Å². The molecular weight excluding hydrogens is 282 g/mol. The first-order chi connectivity index (χ1) is 10.4. The molecule has 3 rings (SSSR count). The summed E-state index contributed by atoms with van der Waals surface area (Å²) in [6.45, 7) is 4.04. The lowest BCUT2D eigenvalue weighted by Crippen LogP contribution is -2.22. The van der Waals surface area contributed by atoms with Gasteiger partial charge in [-0.3, -0.25) is 0 Å². The predicted molar refractivity (Wildman–Crippen MR) is 84.9 cm³/mol. The monoisotopic (exact) mass is 303 g/mol. The van der Waals surface area contributed by atoms with Gasteiger partial charge in [-0.25, -0.2) is 0 Å². The average molecular weight is 303 g/mol. The van der Waals surface area contributed by atoms with Gasteiger partial charge in [-0.2, -0.15) is 0 Å². The van der Waals surface area contributed by atoms with Crippen LogP contribution in [-0.2, 0) is 12.8 Å². The SMILES string of the molecule is CCCNC(CCc1ccc2c(c1)CCO2)c1cnns1. The summed E-state index contributed by atoms with van der Waals surface area (Å²) in [4.78, 5) is 1.23. The molecule has 0 amide bonds. The average Bonchev–Trinajstić information content (AvgIpc) is 3.18. The van der Waals surface area contributed by atoms with Crippen LogP contribution in [0.3, 0.4) is 0 Å². The van der Waals surface area contributed by atoms with Gasteiger partial charge in [-0.1, -0.05) is 23.5 Å². The number of hydrogen-bond acceptors (Lipinski definition) is 5. The highest BCUT2D eigenvalue weighted by molar-refractivity contribution is 7.05. The Morgan fingerprint density at radius 1 is 1.43 bits per heavy atom. The van der Waals surface area contributed by atoms with Crippen LogP contribution in [0.5, 0.6) is 5.75 Å². The Hall–Kier alpha value is -1.46. The number of nitrogens with zero attached hydrogens (tertiary/aromatic N) is 2. The van der Waals surface area contributed by atoms with Crippen LogP contribution in [0.15, 0.2) is 24.4 Å². The Labute approximate surface area is 129 Å². The zero-order valence-electron chi connectivity index (χ0n) is 12.3. The number of aryl methyl sites for hydroxylation is 1. The molecule has 0 radical (unpaired) electrons. The van der Waals surface area contributed by atoms with E-state index in [0.29, 0.717) is 6.04 Å². The molecular formula is C16H21N3OS. The lowest BCUT2D eigenvalue weighted by molar-refractivity contribution is 0.357. The van der Waals surface area contributed by atoms with Crippen molar-refractivity contribution in [2.45, 2.75) is 38.6 Å². The highest BCUT2D eigenvalue weighted by Gasteiger charge is 2.15. The third-order valence-electron chi connectivity index (χ3n) is 3.84. The Morgan fingerprint density at radius 2 is 2.38 bits per heavy atom. The number of rotatable bonds is 7.